The lowest BCUT2D eigenvalue weighted by Gasteiger charge is -2.18. The Bertz CT molecular complexity index is 981. The number of ether oxygens (including phenoxy) is 3. The van der Waals surface area contributed by atoms with Crippen LogP contribution in [0.1, 0.15) is 24.8 Å². The van der Waals surface area contributed by atoms with E-state index in [-0.39, 0.29) is 5.91 Å². The lowest BCUT2D eigenvalue weighted by atomic mass is 9.94. The van der Waals surface area contributed by atoms with Crippen molar-refractivity contribution in [3.05, 3.63) is 72.3 Å². The summed E-state index contributed by atoms with van der Waals surface area (Å²) < 4.78 is 15.5. The third-order valence-corrected chi connectivity index (χ3v) is 4.92. The first-order valence-electron chi connectivity index (χ1n) is 10.7. The number of allylic oxidation sites excluding steroid dienone is 3. The Morgan fingerprint density at radius 3 is 2.30 bits per heavy atom. The van der Waals surface area contributed by atoms with Gasteiger partial charge in [-0.25, -0.2) is 4.79 Å². The molecule has 0 aliphatic heterocycles. The van der Waals surface area contributed by atoms with Crippen LogP contribution in [-0.2, 0) is 14.3 Å². The van der Waals surface area contributed by atoms with E-state index in [1.807, 2.05) is 49.3 Å². The summed E-state index contributed by atoms with van der Waals surface area (Å²) in [5.74, 6) is 0.137. The lowest BCUT2D eigenvalue weighted by molar-refractivity contribution is -0.137. The molecule has 2 aromatic carbocycles. The maximum atomic E-state index is 13.2. The number of benzene rings is 2. The zero-order valence-corrected chi connectivity index (χ0v) is 19.8. The van der Waals surface area contributed by atoms with Gasteiger partial charge in [0.15, 0.2) is 11.5 Å². The van der Waals surface area contributed by atoms with Gasteiger partial charge in [-0.2, -0.15) is 0 Å². The number of amides is 1. The topological polar surface area (TPSA) is 77.1 Å². The van der Waals surface area contributed by atoms with Crippen molar-refractivity contribution in [1.29, 1.82) is 0 Å². The van der Waals surface area contributed by atoms with Crippen molar-refractivity contribution in [2.24, 2.45) is 0 Å². The number of methoxy groups -OCH3 is 2. The minimum Gasteiger partial charge on any atom is -0.493 e. The van der Waals surface area contributed by atoms with Gasteiger partial charge < -0.3 is 24.4 Å². The molecule has 0 aliphatic rings. The van der Waals surface area contributed by atoms with Crippen LogP contribution < -0.4 is 19.7 Å². The average molecular weight is 453 g/mol. The largest absolute Gasteiger partial charge is 0.493 e. The number of nitrogens with zero attached hydrogens (tertiary/aromatic N) is 1. The normalized spacial score (nSPS) is 11.9. The van der Waals surface area contributed by atoms with E-state index < -0.39 is 11.9 Å². The van der Waals surface area contributed by atoms with Gasteiger partial charge >= 0.3 is 5.97 Å². The summed E-state index contributed by atoms with van der Waals surface area (Å²) in [6.45, 7) is 2.08. The zero-order chi connectivity index (χ0) is 24.2. The Balaban J connectivity index is 2.22. The molecule has 1 N–H and O–H groups in total. The molecule has 0 aromatic heterocycles. The van der Waals surface area contributed by atoms with E-state index in [9.17, 15) is 9.59 Å². The van der Waals surface area contributed by atoms with E-state index in [1.165, 1.54) is 6.08 Å². The molecule has 0 aliphatic carbocycles. The zero-order valence-electron chi connectivity index (χ0n) is 19.8. The highest BCUT2D eigenvalue weighted by Crippen LogP contribution is 2.31. The number of carbonyl (C=O) groups excluding carboxylic acids is 2. The first-order chi connectivity index (χ1) is 15.9. The molecule has 33 heavy (non-hydrogen) atoms. The van der Waals surface area contributed by atoms with E-state index in [2.05, 4.69) is 5.32 Å². The number of anilines is 2. The van der Waals surface area contributed by atoms with Gasteiger partial charge in [0.05, 0.1) is 26.7 Å². The minimum atomic E-state index is -0.429. The van der Waals surface area contributed by atoms with Crippen LogP contribution >= 0.6 is 0 Å². The first kappa shape index (κ1) is 25.5. The maximum absolute atomic E-state index is 13.2. The monoisotopic (exact) mass is 452 g/mol. The smallest absolute Gasteiger partial charge is 0.330 e. The van der Waals surface area contributed by atoms with Gasteiger partial charge in [0.2, 0.25) is 5.91 Å². The Labute approximate surface area is 195 Å². The second-order valence-corrected chi connectivity index (χ2v) is 7.37. The van der Waals surface area contributed by atoms with Crippen LogP contribution in [0.15, 0.2) is 66.8 Å². The predicted octanol–water partition coefficient (Wildman–Crippen LogP) is 4.56. The predicted molar refractivity (Wildman–Crippen MR) is 131 cm³/mol. The fraction of sp³-hybridized carbons (Fsp3) is 0.308. The summed E-state index contributed by atoms with van der Waals surface area (Å²) in [5.41, 5.74) is 2.54. The summed E-state index contributed by atoms with van der Waals surface area (Å²) >= 11 is 0. The molecular formula is C26H32N2O5. The fourth-order valence-corrected chi connectivity index (χ4v) is 3.16. The Hall–Kier alpha value is -3.74. The minimum absolute atomic E-state index is 0.154. The van der Waals surface area contributed by atoms with Crippen molar-refractivity contribution >= 4 is 23.3 Å². The number of nitrogens with one attached hydrogen (secondary N) is 1. The molecule has 7 heteroatoms. The van der Waals surface area contributed by atoms with Crippen molar-refractivity contribution in [2.45, 2.75) is 19.3 Å². The summed E-state index contributed by atoms with van der Waals surface area (Å²) in [6.07, 6.45) is 7.00. The molecule has 2 rings (SSSR count). The lowest BCUT2D eigenvalue weighted by Crippen LogP contribution is -2.21. The number of hydrogen-bond acceptors (Lipinski definition) is 6. The average Bonchev–Trinajstić information content (AvgIpc) is 2.81. The summed E-state index contributed by atoms with van der Waals surface area (Å²) in [6, 6.07) is 13.1. The molecule has 0 fully saturated rings. The van der Waals surface area contributed by atoms with Crippen molar-refractivity contribution in [3.63, 3.8) is 0 Å². The Morgan fingerprint density at radius 1 is 1.00 bits per heavy atom. The molecule has 0 saturated carbocycles. The van der Waals surface area contributed by atoms with Crippen LogP contribution in [0.3, 0.4) is 0 Å². The van der Waals surface area contributed by atoms with Crippen LogP contribution in [0.2, 0.25) is 0 Å². The molecule has 1 atom stereocenters. The summed E-state index contributed by atoms with van der Waals surface area (Å²) in [5, 5.41) is 2.97. The first-order valence-corrected chi connectivity index (χ1v) is 10.7. The molecule has 0 heterocycles. The van der Waals surface area contributed by atoms with Gasteiger partial charge in [0, 0.05) is 37.6 Å². The van der Waals surface area contributed by atoms with Crippen molar-refractivity contribution in [1.82, 2.24) is 0 Å². The highest BCUT2D eigenvalue weighted by molar-refractivity contribution is 5.96. The van der Waals surface area contributed by atoms with Crippen molar-refractivity contribution in [2.75, 3.05) is 45.1 Å². The van der Waals surface area contributed by atoms with Gasteiger partial charge in [-0.3, -0.25) is 4.79 Å². The molecule has 1 amide bonds. The molecule has 2 aromatic rings. The van der Waals surface area contributed by atoms with E-state index in [1.54, 1.807) is 51.5 Å². The van der Waals surface area contributed by atoms with Crippen LogP contribution in [0.5, 0.6) is 11.5 Å². The van der Waals surface area contributed by atoms with Gasteiger partial charge in [0.25, 0.3) is 0 Å². The van der Waals surface area contributed by atoms with Crippen LogP contribution in [0.4, 0.5) is 11.4 Å². The molecule has 0 unspecified atom stereocenters. The third kappa shape index (κ3) is 7.71. The Kier molecular flexibility index (Phi) is 10.0. The maximum Gasteiger partial charge on any atom is 0.330 e. The van der Waals surface area contributed by atoms with Crippen molar-refractivity contribution < 1.29 is 23.8 Å². The highest BCUT2D eigenvalue weighted by Gasteiger charge is 2.20. The van der Waals surface area contributed by atoms with Gasteiger partial charge in [0.1, 0.15) is 0 Å². The molecule has 176 valence electrons. The number of carbonyl (C=O) groups is 2. The van der Waals surface area contributed by atoms with Crippen LogP contribution in [0.25, 0.3) is 0 Å². The number of rotatable bonds is 11. The van der Waals surface area contributed by atoms with E-state index in [4.69, 9.17) is 14.2 Å². The number of hydrogen-bond donors (Lipinski definition) is 1. The second kappa shape index (κ2) is 13.0. The highest BCUT2D eigenvalue weighted by atomic mass is 16.5. The van der Waals surface area contributed by atoms with E-state index in [0.29, 0.717) is 30.2 Å². The molecule has 0 saturated heterocycles. The molecule has 7 nitrogen and oxygen atoms in total. The second-order valence-electron chi connectivity index (χ2n) is 7.37. The molecule has 0 bridgehead atoms. The summed E-state index contributed by atoms with van der Waals surface area (Å²) in [4.78, 5) is 26.7. The fourth-order valence-electron chi connectivity index (χ4n) is 3.16. The van der Waals surface area contributed by atoms with Crippen molar-refractivity contribution in [3.8, 4) is 11.5 Å². The Morgan fingerprint density at radius 2 is 1.70 bits per heavy atom. The molecule has 0 spiro atoms. The number of esters is 1. The van der Waals surface area contributed by atoms with Gasteiger partial charge in [-0.05, 0) is 43.2 Å². The van der Waals surface area contributed by atoms with Crippen LogP contribution in [0, 0.1) is 0 Å². The SMILES string of the molecule is CCOC(=O)C=CC=CC[C@H](C(=O)Nc1ccc(OC)c(OC)c1)c1ccc(N(C)C)cc1. The van der Waals surface area contributed by atoms with E-state index in [0.717, 1.165) is 11.3 Å². The molecular weight excluding hydrogens is 420 g/mol. The molecule has 0 radical (unpaired) electrons. The van der Waals surface area contributed by atoms with E-state index >= 15 is 0 Å². The third-order valence-electron chi connectivity index (χ3n) is 4.92. The van der Waals surface area contributed by atoms with Gasteiger partial charge in [-0.15, -0.1) is 0 Å². The quantitative estimate of drug-likeness (QED) is 0.306. The van der Waals surface area contributed by atoms with Crippen LogP contribution in [-0.4, -0.2) is 46.8 Å². The standard InChI is InChI=1S/C26H32N2O5/c1-6-33-25(29)11-9-7-8-10-22(19-12-15-21(16-13-19)28(2)3)26(30)27-20-14-17-23(31-4)24(18-20)32-5/h7-9,11-18,22H,6,10H2,1-5H3,(H,27,30)/t22-/m0/s1. The van der Waals surface area contributed by atoms with Gasteiger partial charge in [-0.1, -0.05) is 30.4 Å². The summed E-state index contributed by atoms with van der Waals surface area (Å²) in [7, 11) is 7.04.